The molecule has 0 amide bonds. The van der Waals surface area contributed by atoms with E-state index in [1.54, 1.807) is 12.4 Å². The number of pyridine rings is 1. The van der Waals surface area contributed by atoms with E-state index in [0.29, 0.717) is 11.7 Å². The standard InChI is InChI=1S/C9H15N3S/c1-7(6-13-2)12-9-3-8(10)4-11-5-9/h3-5,7,12H,6,10H2,1-2H3. The van der Waals surface area contributed by atoms with Gasteiger partial charge in [-0.25, -0.2) is 0 Å². The molecular formula is C9H15N3S. The van der Waals surface area contributed by atoms with Crippen LogP contribution in [0.5, 0.6) is 0 Å². The molecule has 0 bridgehead atoms. The molecule has 0 aliphatic heterocycles. The van der Waals surface area contributed by atoms with Gasteiger partial charge >= 0.3 is 0 Å². The molecule has 1 aromatic rings. The third-order valence-corrected chi connectivity index (χ3v) is 2.42. The molecule has 3 nitrogen and oxygen atoms in total. The van der Waals surface area contributed by atoms with Crippen LogP contribution in [0.25, 0.3) is 0 Å². The zero-order valence-corrected chi connectivity index (χ0v) is 8.77. The minimum atomic E-state index is 0.443. The summed E-state index contributed by atoms with van der Waals surface area (Å²) in [5, 5.41) is 3.32. The summed E-state index contributed by atoms with van der Waals surface area (Å²) in [7, 11) is 0. The van der Waals surface area contributed by atoms with Crippen LogP contribution in [-0.4, -0.2) is 23.0 Å². The summed E-state index contributed by atoms with van der Waals surface area (Å²) in [6.07, 6.45) is 5.52. The van der Waals surface area contributed by atoms with Crippen LogP contribution in [-0.2, 0) is 0 Å². The minimum Gasteiger partial charge on any atom is -0.397 e. The maximum Gasteiger partial charge on any atom is 0.0549 e. The molecule has 0 fully saturated rings. The molecule has 0 spiro atoms. The number of nitrogens with zero attached hydrogens (tertiary/aromatic N) is 1. The molecule has 72 valence electrons. The van der Waals surface area contributed by atoms with Crippen molar-refractivity contribution in [3.8, 4) is 0 Å². The van der Waals surface area contributed by atoms with E-state index in [9.17, 15) is 0 Å². The molecular weight excluding hydrogens is 182 g/mol. The fraction of sp³-hybridized carbons (Fsp3) is 0.444. The maximum absolute atomic E-state index is 5.60. The van der Waals surface area contributed by atoms with Crippen molar-refractivity contribution in [1.29, 1.82) is 0 Å². The van der Waals surface area contributed by atoms with Gasteiger partial charge in [0.15, 0.2) is 0 Å². The average molecular weight is 197 g/mol. The van der Waals surface area contributed by atoms with Crippen LogP contribution in [0.1, 0.15) is 6.92 Å². The fourth-order valence-electron chi connectivity index (χ4n) is 1.11. The molecule has 13 heavy (non-hydrogen) atoms. The number of thioether (sulfide) groups is 1. The maximum atomic E-state index is 5.60. The SMILES string of the molecule is CSCC(C)Nc1cncc(N)c1. The van der Waals surface area contributed by atoms with E-state index >= 15 is 0 Å². The van der Waals surface area contributed by atoms with E-state index in [1.807, 2.05) is 17.8 Å². The van der Waals surface area contributed by atoms with Crippen LogP contribution >= 0.6 is 11.8 Å². The molecule has 1 aromatic heterocycles. The van der Waals surface area contributed by atoms with Gasteiger partial charge in [-0.15, -0.1) is 0 Å². The van der Waals surface area contributed by atoms with E-state index in [1.165, 1.54) is 0 Å². The second-order valence-electron chi connectivity index (χ2n) is 3.01. The van der Waals surface area contributed by atoms with Crippen LogP contribution < -0.4 is 11.1 Å². The van der Waals surface area contributed by atoms with E-state index in [2.05, 4.69) is 23.5 Å². The quantitative estimate of drug-likeness (QED) is 0.773. The summed E-state index contributed by atoms with van der Waals surface area (Å²) in [4.78, 5) is 4.00. The summed E-state index contributed by atoms with van der Waals surface area (Å²) in [5.74, 6) is 1.08. The van der Waals surface area contributed by atoms with Crippen LogP contribution in [0.4, 0.5) is 11.4 Å². The zero-order chi connectivity index (χ0) is 9.68. The molecule has 3 N–H and O–H groups in total. The van der Waals surface area contributed by atoms with Gasteiger partial charge in [-0.2, -0.15) is 11.8 Å². The summed E-state index contributed by atoms with van der Waals surface area (Å²) >= 11 is 1.82. The normalized spacial score (nSPS) is 12.5. The van der Waals surface area contributed by atoms with E-state index in [4.69, 9.17) is 5.73 Å². The number of hydrogen-bond donors (Lipinski definition) is 2. The van der Waals surface area contributed by atoms with Gasteiger partial charge in [0.2, 0.25) is 0 Å². The van der Waals surface area contributed by atoms with Gasteiger partial charge in [-0.1, -0.05) is 0 Å². The lowest BCUT2D eigenvalue weighted by Gasteiger charge is -2.13. The van der Waals surface area contributed by atoms with E-state index in [-0.39, 0.29) is 0 Å². The van der Waals surface area contributed by atoms with Gasteiger partial charge in [0.1, 0.15) is 0 Å². The van der Waals surface area contributed by atoms with Crippen molar-refractivity contribution in [1.82, 2.24) is 4.98 Å². The number of hydrogen-bond acceptors (Lipinski definition) is 4. The third kappa shape index (κ3) is 3.55. The van der Waals surface area contributed by atoms with Crippen molar-refractivity contribution in [2.75, 3.05) is 23.1 Å². The largest absolute Gasteiger partial charge is 0.397 e. The monoisotopic (exact) mass is 197 g/mol. The number of rotatable bonds is 4. The molecule has 1 rings (SSSR count). The lowest BCUT2D eigenvalue weighted by Crippen LogP contribution is -2.17. The highest BCUT2D eigenvalue weighted by Crippen LogP contribution is 2.11. The van der Waals surface area contributed by atoms with Gasteiger partial charge in [0.25, 0.3) is 0 Å². The Morgan fingerprint density at radius 3 is 3.00 bits per heavy atom. The van der Waals surface area contributed by atoms with Crippen molar-refractivity contribution in [2.24, 2.45) is 0 Å². The summed E-state index contributed by atoms with van der Waals surface area (Å²) in [5.41, 5.74) is 7.28. The van der Waals surface area contributed by atoms with Gasteiger partial charge in [-0.05, 0) is 19.2 Å². The van der Waals surface area contributed by atoms with E-state index in [0.717, 1.165) is 11.4 Å². The van der Waals surface area contributed by atoms with Crippen LogP contribution in [0.15, 0.2) is 18.5 Å². The number of aromatic nitrogens is 1. The first-order chi connectivity index (χ1) is 6.22. The van der Waals surface area contributed by atoms with E-state index < -0.39 is 0 Å². The van der Waals surface area contributed by atoms with Crippen molar-refractivity contribution >= 4 is 23.1 Å². The van der Waals surface area contributed by atoms with Gasteiger partial charge in [0.05, 0.1) is 17.6 Å². The topological polar surface area (TPSA) is 50.9 Å². The Balaban J connectivity index is 2.53. The highest BCUT2D eigenvalue weighted by atomic mass is 32.2. The zero-order valence-electron chi connectivity index (χ0n) is 7.95. The van der Waals surface area contributed by atoms with Crippen molar-refractivity contribution in [3.05, 3.63) is 18.5 Å². The smallest absolute Gasteiger partial charge is 0.0549 e. The van der Waals surface area contributed by atoms with Gasteiger partial charge in [-0.3, -0.25) is 4.98 Å². The second kappa shape index (κ2) is 4.97. The molecule has 0 radical (unpaired) electrons. The summed E-state index contributed by atoms with van der Waals surface area (Å²) < 4.78 is 0. The Hall–Kier alpha value is -0.900. The predicted molar refractivity (Wildman–Crippen MR) is 60.1 cm³/mol. The Kier molecular flexibility index (Phi) is 3.89. The van der Waals surface area contributed by atoms with Gasteiger partial charge < -0.3 is 11.1 Å². The third-order valence-electron chi connectivity index (χ3n) is 1.59. The molecule has 0 aliphatic carbocycles. The minimum absolute atomic E-state index is 0.443. The fourth-order valence-corrected chi connectivity index (χ4v) is 1.70. The molecule has 4 heteroatoms. The van der Waals surface area contributed by atoms with Crippen LogP contribution in [0.3, 0.4) is 0 Å². The Labute approximate surface area is 83.1 Å². The van der Waals surface area contributed by atoms with Gasteiger partial charge in [0, 0.05) is 18.0 Å². The van der Waals surface area contributed by atoms with Crippen molar-refractivity contribution < 1.29 is 0 Å². The highest BCUT2D eigenvalue weighted by Gasteiger charge is 2.00. The molecule has 1 unspecified atom stereocenters. The van der Waals surface area contributed by atoms with Crippen molar-refractivity contribution in [3.63, 3.8) is 0 Å². The first-order valence-electron chi connectivity index (χ1n) is 4.18. The summed E-state index contributed by atoms with van der Waals surface area (Å²) in [6.45, 7) is 2.14. The molecule has 0 saturated carbocycles. The Morgan fingerprint density at radius 1 is 1.62 bits per heavy atom. The molecule has 0 aromatic carbocycles. The lowest BCUT2D eigenvalue weighted by molar-refractivity contribution is 0.912. The average Bonchev–Trinajstić information content (AvgIpc) is 2.04. The number of nitrogen functional groups attached to an aromatic ring is 1. The number of anilines is 2. The highest BCUT2D eigenvalue weighted by molar-refractivity contribution is 7.98. The first kappa shape index (κ1) is 10.2. The first-order valence-corrected chi connectivity index (χ1v) is 5.57. The van der Waals surface area contributed by atoms with Crippen LogP contribution in [0, 0.1) is 0 Å². The van der Waals surface area contributed by atoms with Crippen LogP contribution in [0.2, 0.25) is 0 Å². The molecule has 0 aliphatic rings. The lowest BCUT2D eigenvalue weighted by atomic mass is 10.3. The number of nitrogens with two attached hydrogens (primary N) is 1. The second-order valence-corrected chi connectivity index (χ2v) is 3.92. The van der Waals surface area contributed by atoms with Crippen molar-refractivity contribution in [2.45, 2.75) is 13.0 Å². The molecule has 1 atom stereocenters. The Morgan fingerprint density at radius 2 is 2.38 bits per heavy atom. The summed E-state index contributed by atoms with van der Waals surface area (Å²) in [6, 6.07) is 2.34. The molecule has 0 saturated heterocycles. The number of nitrogens with one attached hydrogen (secondary N) is 1. The molecule has 1 heterocycles. The Bertz CT molecular complexity index is 265. The predicted octanol–water partition coefficient (Wildman–Crippen LogP) is 1.83.